The normalized spacial score (nSPS) is 17.0. The maximum atomic E-state index is 11.7. The minimum atomic E-state index is -0.242. The Morgan fingerprint density at radius 1 is 1.09 bits per heavy atom. The molecule has 7 heteroatoms. The highest BCUT2D eigenvalue weighted by Crippen LogP contribution is 2.34. The lowest BCUT2D eigenvalue weighted by Gasteiger charge is -2.37. The van der Waals surface area contributed by atoms with E-state index in [4.69, 9.17) is 38.4 Å². The van der Waals surface area contributed by atoms with Gasteiger partial charge >= 0.3 is 0 Å². The fourth-order valence-corrected chi connectivity index (χ4v) is 4.67. The summed E-state index contributed by atoms with van der Waals surface area (Å²) in [5.41, 5.74) is 8.46. The number of rotatable bonds is 10. The average molecular weight is 479 g/mol. The van der Waals surface area contributed by atoms with E-state index in [1.54, 1.807) is 0 Å². The number of hydrogen-bond acceptors (Lipinski definition) is 5. The Labute approximate surface area is 200 Å². The monoisotopic (exact) mass is 478 g/mol. The number of likely N-dealkylation sites (tertiary alicyclic amines) is 1. The Kier molecular flexibility index (Phi) is 9.23. The lowest BCUT2D eigenvalue weighted by Crippen LogP contribution is -2.51. The van der Waals surface area contributed by atoms with E-state index in [-0.39, 0.29) is 12.1 Å². The third-order valence-corrected chi connectivity index (χ3v) is 6.55. The molecule has 2 unspecified atom stereocenters. The summed E-state index contributed by atoms with van der Waals surface area (Å²) in [6.45, 7) is 6.78. The number of halogens is 2. The molecule has 0 radical (unpaired) electrons. The van der Waals surface area contributed by atoms with Crippen LogP contribution in [0.5, 0.6) is 11.5 Å². The van der Waals surface area contributed by atoms with Gasteiger partial charge in [-0.05, 0) is 80.6 Å². The van der Waals surface area contributed by atoms with Crippen LogP contribution in [0.4, 0.5) is 0 Å². The molecule has 0 spiro atoms. The molecule has 1 fully saturated rings. The molecule has 0 saturated carbocycles. The van der Waals surface area contributed by atoms with Gasteiger partial charge in [-0.25, -0.2) is 0 Å². The molecule has 0 bridgehead atoms. The smallest absolute Gasteiger partial charge is 0.156 e. The second-order valence-corrected chi connectivity index (χ2v) is 9.43. The number of nitrogens with two attached hydrogens (primary N) is 1. The van der Waals surface area contributed by atoms with Crippen LogP contribution >= 0.6 is 23.2 Å². The summed E-state index contributed by atoms with van der Waals surface area (Å²) in [7, 11) is 0. The van der Waals surface area contributed by atoms with Gasteiger partial charge in [-0.15, -0.1) is 0 Å². The van der Waals surface area contributed by atoms with Crippen molar-refractivity contribution >= 4 is 29.5 Å². The number of carbonyl (C=O) groups excluding carboxylic acids is 1. The Bertz CT molecular complexity index is 860. The standard InChI is InChI=1S/C25H32Cl2N2O3/c1-17-7-9-29(10-8-17)25(28)20(16-30)15-19-3-5-21(6-4-19)31-11-12-32-24-22(26)13-18(2)14-23(24)27/h3-6,13-14,16-17,20,25H,7-12,15,28H2,1-2H3. The molecule has 2 atom stereocenters. The van der Waals surface area contributed by atoms with Crippen LogP contribution < -0.4 is 15.2 Å². The maximum absolute atomic E-state index is 11.7. The van der Waals surface area contributed by atoms with Crippen molar-refractivity contribution in [2.45, 2.75) is 39.3 Å². The van der Waals surface area contributed by atoms with Gasteiger partial charge in [0.15, 0.2) is 5.75 Å². The molecule has 1 saturated heterocycles. The predicted molar refractivity (Wildman–Crippen MR) is 130 cm³/mol. The van der Waals surface area contributed by atoms with E-state index in [0.29, 0.717) is 35.4 Å². The highest BCUT2D eigenvalue weighted by molar-refractivity contribution is 6.37. The molecule has 2 aromatic carbocycles. The van der Waals surface area contributed by atoms with Crippen LogP contribution in [-0.2, 0) is 11.2 Å². The zero-order valence-electron chi connectivity index (χ0n) is 18.7. The third kappa shape index (κ3) is 6.85. The van der Waals surface area contributed by atoms with Crippen LogP contribution in [0.3, 0.4) is 0 Å². The van der Waals surface area contributed by atoms with E-state index in [2.05, 4.69) is 11.8 Å². The van der Waals surface area contributed by atoms with Gasteiger partial charge in [0.05, 0.1) is 16.2 Å². The van der Waals surface area contributed by atoms with Crippen molar-refractivity contribution in [1.29, 1.82) is 0 Å². The number of carbonyl (C=O) groups is 1. The summed E-state index contributed by atoms with van der Waals surface area (Å²) in [4.78, 5) is 14.0. The van der Waals surface area contributed by atoms with E-state index in [0.717, 1.165) is 55.0 Å². The van der Waals surface area contributed by atoms with Crippen molar-refractivity contribution in [3.05, 3.63) is 57.6 Å². The van der Waals surface area contributed by atoms with Gasteiger partial charge in [0.2, 0.25) is 0 Å². The van der Waals surface area contributed by atoms with Gasteiger partial charge in [0.1, 0.15) is 25.2 Å². The lowest BCUT2D eigenvalue weighted by molar-refractivity contribution is -0.113. The van der Waals surface area contributed by atoms with Crippen molar-refractivity contribution in [2.24, 2.45) is 17.6 Å². The van der Waals surface area contributed by atoms with Gasteiger partial charge in [-0.1, -0.05) is 42.3 Å². The van der Waals surface area contributed by atoms with Crippen LogP contribution in [0.15, 0.2) is 36.4 Å². The van der Waals surface area contributed by atoms with E-state index in [1.165, 1.54) is 0 Å². The van der Waals surface area contributed by atoms with Crippen LogP contribution in [0.25, 0.3) is 0 Å². The molecule has 0 aliphatic carbocycles. The van der Waals surface area contributed by atoms with Gasteiger partial charge < -0.3 is 20.0 Å². The number of piperidine rings is 1. The molecule has 174 valence electrons. The molecule has 2 N–H and O–H groups in total. The first-order valence-corrected chi connectivity index (χ1v) is 11.9. The molecular formula is C25H32Cl2N2O3. The Hall–Kier alpha value is -1.79. The Morgan fingerprint density at radius 2 is 1.69 bits per heavy atom. The summed E-state index contributed by atoms with van der Waals surface area (Å²) < 4.78 is 11.4. The average Bonchev–Trinajstić information content (AvgIpc) is 2.77. The molecule has 0 aromatic heterocycles. The van der Waals surface area contributed by atoms with E-state index in [1.807, 2.05) is 43.3 Å². The fourth-order valence-electron chi connectivity index (χ4n) is 3.97. The molecule has 0 amide bonds. The summed E-state index contributed by atoms with van der Waals surface area (Å²) in [6, 6.07) is 11.4. The number of hydrogen-bond donors (Lipinski definition) is 1. The Morgan fingerprint density at radius 3 is 2.28 bits per heavy atom. The van der Waals surface area contributed by atoms with E-state index < -0.39 is 0 Å². The predicted octanol–water partition coefficient (Wildman–Crippen LogP) is 5.13. The van der Waals surface area contributed by atoms with Crippen molar-refractivity contribution in [2.75, 3.05) is 26.3 Å². The molecular weight excluding hydrogens is 447 g/mol. The van der Waals surface area contributed by atoms with Crippen LogP contribution in [-0.4, -0.2) is 43.7 Å². The molecule has 2 aromatic rings. The summed E-state index contributed by atoms with van der Waals surface area (Å²) in [5.74, 6) is 1.71. The number of ether oxygens (including phenoxy) is 2. The second kappa shape index (κ2) is 11.9. The molecule has 5 nitrogen and oxygen atoms in total. The van der Waals surface area contributed by atoms with Crippen LogP contribution in [0, 0.1) is 18.8 Å². The lowest BCUT2D eigenvalue weighted by atomic mass is 9.93. The highest BCUT2D eigenvalue weighted by Gasteiger charge is 2.27. The summed E-state index contributed by atoms with van der Waals surface area (Å²) in [6.07, 6.45) is 3.64. The molecule has 32 heavy (non-hydrogen) atoms. The van der Waals surface area contributed by atoms with E-state index in [9.17, 15) is 4.79 Å². The zero-order chi connectivity index (χ0) is 23.1. The number of aldehydes is 1. The first-order chi connectivity index (χ1) is 15.4. The summed E-state index contributed by atoms with van der Waals surface area (Å²) in [5, 5.41) is 0.975. The minimum Gasteiger partial charge on any atom is -0.490 e. The van der Waals surface area contributed by atoms with Crippen molar-refractivity contribution < 1.29 is 14.3 Å². The zero-order valence-corrected chi connectivity index (χ0v) is 20.2. The molecule has 1 aliphatic rings. The van der Waals surface area contributed by atoms with Crippen molar-refractivity contribution in [3.8, 4) is 11.5 Å². The second-order valence-electron chi connectivity index (χ2n) is 8.61. The van der Waals surface area contributed by atoms with Gasteiger partial charge in [0.25, 0.3) is 0 Å². The topological polar surface area (TPSA) is 64.8 Å². The van der Waals surface area contributed by atoms with Gasteiger partial charge in [0, 0.05) is 5.92 Å². The number of nitrogens with zero attached hydrogens (tertiary/aromatic N) is 1. The van der Waals surface area contributed by atoms with Crippen LogP contribution in [0.1, 0.15) is 30.9 Å². The Balaban J connectivity index is 1.46. The number of aryl methyl sites for hydroxylation is 1. The SMILES string of the molecule is Cc1cc(Cl)c(OCCOc2ccc(CC(C=O)C(N)N3CCC(C)CC3)cc2)c(Cl)c1. The molecule has 1 heterocycles. The largest absolute Gasteiger partial charge is 0.490 e. The first kappa shape index (κ1) is 24.8. The molecule has 1 aliphatic heterocycles. The first-order valence-electron chi connectivity index (χ1n) is 11.1. The van der Waals surface area contributed by atoms with Crippen molar-refractivity contribution in [1.82, 2.24) is 4.90 Å². The minimum absolute atomic E-state index is 0.229. The van der Waals surface area contributed by atoms with Crippen LogP contribution in [0.2, 0.25) is 10.0 Å². The maximum Gasteiger partial charge on any atom is 0.156 e. The third-order valence-electron chi connectivity index (χ3n) is 5.99. The highest BCUT2D eigenvalue weighted by atomic mass is 35.5. The van der Waals surface area contributed by atoms with Crippen molar-refractivity contribution in [3.63, 3.8) is 0 Å². The number of benzene rings is 2. The fraction of sp³-hybridized carbons (Fsp3) is 0.480. The summed E-state index contributed by atoms with van der Waals surface area (Å²) >= 11 is 12.4. The molecule has 3 rings (SSSR count). The van der Waals surface area contributed by atoms with Gasteiger partial charge in [-0.2, -0.15) is 0 Å². The van der Waals surface area contributed by atoms with E-state index >= 15 is 0 Å². The quantitative estimate of drug-likeness (QED) is 0.378. The van der Waals surface area contributed by atoms with Gasteiger partial charge in [-0.3, -0.25) is 4.90 Å².